The van der Waals surface area contributed by atoms with Gasteiger partial charge in [0.05, 0.1) is 13.3 Å². The minimum absolute atomic E-state index is 0.441. The van der Waals surface area contributed by atoms with Crippen molar-refractivity contribution in [3.8, 4) is 5.75 Å². The maximum atomic E-state index is 5.18. The van der Waals surface area contributed by atoms with Gasteiger partial charge < -0.3 is 25.2 Å². The number of anilines is 5. The average Bonchev–Trinajstić information content (AvgIpc) is 2.76. The van der Waals surface area contributed by atoms with Gasteiger partial charge in [-0.05, 0) is 55.6 Å². The molecule has 0 spiro atoms. The highest BCUT2D eigenvalue weighted by Gasteiger charge is 2.14. The third kappa shape index (κ3) is 4.91. The lowest BCUT2D eigenvalue weighted by atomic mass is 10.2. The lowest BCUT2D eigenvalue weighted by Crippen LogP contribution is -2.44. The molecular weight excluding hydrogens is 366 g/mol. The molecule has 0 saturated carbocycles. The van der Waals surface area contributed by atoms with Crippen molar-refractivity contribution in [2.75, 3.05) is 55.9 Å². The Morgan fingerprint density at radius 2 is 1.52 bits per heavy atom. The fourth-order valence-corrected chi connectivity index (χ4v) is 3.19. The predicted molar refractivity (Wildman–Crippen MR) is 116 cm³/mol. The molecule has 0 bridgehead atoms. The first-order valence-electron chi connectivity index (χ1n) is 9.61. The van der Waals surface area contributed by atoms with Gasteiger partial charge in [-0.3, -0.25) is 0 Å². The van der Waals surface area contributed by atoms with E-state index in [1.165, 1.54) is 5.69 Å². The molecular formula is C21H25N7O. The number of piperazine rings is 1. The Hall–Kier alpha value is -3.39. The number of benzene rings is 2. The third-order valence-corrected chi connectivity index (χ3v) is 4.91. The summed E-state index contributed by atoms with van der Waals surface area (Å²) >= 11 is 0. The Bertz CT molecular complexity index is 923. The van der Waals surface area contributed by atoms with Gasteiger partial charge in [-0.15, -0.1) is 5.10 Å². The number of hydrogen-bond donors (Lipinski definition) is 2. The minimum Gasteiger partial charge on any atom is -0.497 e. The van der Waals surface area contributed by atoms with Crippen molar-refractivity contribution in [2.24, 2.45) is 0 Å². The van der Waals surface area contributed by atoms with Crippen molar-refractivity contribution >= 4 is 28.8 Å². The summed E-state index contributed by atoms with van der Waals surface area (Å²) in [7, 11) is 3.81. The first-order valence-corrected chi connectivity index (χ1v) is 9.61. The van der Waals surface area contributed by atoms with Crippen LogP contribution in [-0.2, 0) is 0 Å². The van der Waals surface area contributed by atoms with Crippen molar-refractivity contribution in [1.29, 1.82) is 0 Å². The summed E-state index contributed by atoms with van der Waals surface area (Å²) in [6.07, 6.45) is 1.59. The molecule has 2 aromatic carbocycles. The van der Waals surface area contributed by atoms with Crippen molar-refractivity contribution in [3.05, 3.63) is 54.7 Å². The molecule has 8 heteroatoms. The van der Waals surface area contributed by atoms with E-state index in [4.69, 9.17) is 4.74 Å². The fraction of sp³-hybridized carbons (Fsp3) is 0.286. The molecule has 150 valence electrons. The second kappa shape index (κ2) is 8.74. The lowest BCUT2D eigenvalue weighted by Gasteiger charge is -2.34. The first kappa shape index (κ1) is 18.9. The van der Waals surface area contributed by atoms with Crippen LogP contribution in [0.25, 0.3) is 0 Å². The smallest absolute Gasteiger partial charge is 0.249 e. The van der Waals surface area contributed by atoms with Gasteiger partial charge in [0, 0.05) is 43.2 Å². The van der Waals surface area contributed by atoms with Crippen molar-refractivity contribution in [1.82, 2.24) is 20.1 Å². The van der Waals surface area contributed by atoms with Crippen LogP contribution < -0.4 is 20.3 Å². The van der Waals surface area contributed by atoms with Gasteiger partial charge in [0.1, 0.15) is 5.75 Å². The molecule has 1 fully saturated rings. The molecule has 0 unspecified atom stereocenters. The van der Waals surface area contributed by atoms with Gasteiger partial charge in [-0.1, -0.05) is 0 Å². The monoisotopic (exact) mass is 391 g/mol. The molecule has 1 aliphatic rings. The number of ether oxygens (including phenoxy) is 1. The second-order valence-electron chi connectivity index (χ2n) is 6.98. The molecule has 2 heterocycles. The summed E-state index contributed by atoms with van der Waals surface area (Å²) < 4.78 is 5.18. The van der Waals surface area contributed by atoms with Crippen molar-refractivity contribution in [3.63, 3.8) is 0 Å². The largest absolute Gasteiger partial charge is 0.497 e. The van der Waals surface area contributed by atoms with E-state index in [1.54, 1.807) is 13.3 Å². The topological polar surface area (TPSA) is 78.4 Å². The molecule has 0 radical (unpaired) electrons. The van der Waals surface area contributed by atoms with Crippen LogP contribution in [0.5, 0.6) is 5.75 Å². The van der Waals surface area contributed by atoms with Crippen LogP contribution in [0.1, 0.15) is 0 Å². The Morgan fingerprint density at radius 3 is 2.21 bits per heavy atom. The minimum atomic E-state index is 0.441. The molecule has 1 aromatic heterocycles. The molecule has 8 nitrogen and oxygen atoms in total. The van der Waals surface area contributed by atoms with E-state index in [-0.39, 0.29) is 0 Å². The molecule has 3 aromatic rings. The number of methoxy groups -OCH3 is 1. The van der Waals surface area contributed by atoms with E-state index < -0.39 is 0 Å². The fourth-order valence-electron chi connectivity index (χ4n) is 3.19. The van der Waals surface area contributed by atoms with E-state index in [9.17, 15) is 0 Å². The molecule has 2 N–H and O–H groups in total. The van der Waals surface area contributed by atoms with Crippen LogP contribution in [0.4, 0.5) is 28.8 Å². The van der Waals surface area contributed by atoms with E-state index in [0.717, 1.165) is 43.3 Å². The second-order valence-corrected chi connectivity index (χ2v) is 6.98. The number of nitrogens with zero attached hydrogens (tertiary/aromatic N) is 5. The van der Waals surface area contributed by atoms with E-state index in [1.807, 2.05) is 36.4 Å². The Labute approximate surface area is 170 Å². The summed E-state index contributed by atoms with van der Waals surface area (Å²) in [5, 5.41) is 14.5. The third-order valence-electron chi connectivity index (χ3n) is 4.91. The van der Waals surface area contributed by atoms with Gasteiger partial charge in [-0.2, -0.15) is 10.1 Å². The zero-order valence-electron chi connectivity index (χ0n) is 16.7. The van der Waals surface area contributed by atoms with Crippen LogP contribution >= 0.6 is 0 Å². The molecule has 1 aliphatic heterocycles. The summed E-state index contributed by atoms with van der Waals surface area (Å²) in [6.45, 7) is 4.28. The molecule has 1 saturated heterocycles. The van der Waals surface area contributed by atoms with Gasteiger partial charge in [0.15, 0.2) is 5.82 Å². The Balaban J connectivity index is 1.39. The predicted octanol–water partition coefficient (Wildman–Crippen LogP) is 3.12. The number of rotatable bonds is 6. The summed E-state index contributed by atoms with van der Waals surface area (Å²) in [5.41, 5.74) is 3.05. The zero-order chi connectivity index (χ0) is 20.1. The van der Waals surface area contributed by atoms with Crippen LogP contribution in [0, 0.1) is 0 Å². The number of likely N-dealkylation sites (N-methyl/N-ethyl adjacent to an activating group) is 1. The number of aromatic nitrogens is 3. The van der Waals surface area contributed by atoms with E-state index in [0.29, 0.717) is 11.8 Å². The SMILES string of the molecule is COc1ccc(Nc2cnnc(Nc3ccc(N4CCN(C)CC4)cc3)n2)cc1. The van der Waals surface area contributed by atoms with Crippen LogP contribution in [0.3, 0.4) is 0 Å². The Kier molecular flexibility index (Phi) is 5.71. The normalized spacial score (nSPS) is 14.5. The molecule has 4 rings (SSSR count). The molecule has 0 atom stereocenters. The average molecular weight is 391 g/mol. The summed E-state index contributed by atoms with van der Waals surface area (Å²) in [5.74, 6) is 1.86. The van der Waals surface area contributed by atoms with Crippen molar-refractivity contribution < 1.29 is 4.74 Å². The Morgan fingerprint density at radius 1 is 0.862 bits per heavy atom. The van der Waals surface area contributed by atoms with Crippen LogP contribution in [0.2, 0.25) is 0 Å². The maximum Gasteiger partial charge on any atom is 0.249 e. The maximum absolute atomic E-state index is 5.18. The van der Waals surface area contributed by atoms with E-state index in [2.05, 4.69) is 54.8 Å². The zero-order valence-corrected chi connectivity index (χ0v) is 16.7. The number of nitrogens with one attached hydrogen (secondary N) is 2. The van der Waals surface area contributed by atoms with Gasteiger partial charge in [0.25, 0.3) is 0 Å². The molecule has 29 heavy (non-hydrogen) atoms. The van der Waals surface area contributed by atoms with Crippen LogP contribution in [-0.4, -0.2) is 60.4 Å². The summed E-state index contributed by atoms with van der Waals surface area (Å²) in [4.78, 5) is 9.24. The highest BCUT2D eigenvalue weighted by molar-refractivity contribution is 5.61. The molecule has 0 amide bonds. The first-order chi connectivity index (χ1) is 14.2. The lowest BCUT2D eigenvalue weighted by molar-refractivity contribution is 0.313. The van der Waals surface area contributed by atoms with Gasteiger partial charge in [0.2, 0.25) is 5.95 Å². The molecule has 0 aliphatic carbocycles. The van der Waals surface area contributed by atoms with E-state index >= 15 is 0 Å². The van der Waals surface area contributed by atoms with Gasteiger partial charge >= 0.3 is 0 Å². The van der Waals surface area contributed by atoms with Crippen molar-refractivity contribution in [2.45, 2.75) is 0 Å². The van der Waals surface area contributed by atoms with Crippen LogP contribution in [0.15, 0.2) is 54.7 Å². The highest BCUT2D eigenvalue weighted by Crippen LogP contribution is 2.22. The standard InChI is InChI=1S/C21H25N7O/c1-27-11-13-28(14-12-27)18-7-3-17(4-8-18)24-21-25-20(15-22-26-21)23-16-5-9-19(29-2)10-6-16/h3-10,15H,11-14H2,1-2H3,(H2,23,24,25,26). The van der Waals surface area contributed by atoms with Gasteiger partial charge in [-0.25, -0.2) is 0 Å². The highest BCUT2D eigenvalue weighted by atomic mass is 16.5. The quantitative estimate of drug-likeness (QED) is 0.664. The number of hydrogen-bond acceptors (Lipinski definition) is 8. The summed E-state index contributed by atoms with van der Waals surface area (Å²) in [6, 6.07) is 16.0.